The van der Waals surface area contributed by atoms with Gasteiger partial charge in [-0.1, -0.05) is 11.3 Å². The zero-order chi connectivity index (χ0) is 21.5. The third-order valence-corrected chi connectivity index (χ3v) is 7.73. The molecule has 1 fully saturated rings. The first-order chi connectivity index (χ1) is 14.3. The Morgan fingerprint density at radius 3 is 2.43 bits per heavy atom. The van der Waals surface area contributed by atoms with Gasteiger partial charge in [-0.2, -0.15) is 4.31 Å². The van der Waals surface area contributed by atoms with Crippen molar-refractivity contribution in [3.8, 4) is 0 Å². The number of carbonyl (C=O) groups excluding carboxylic acids is 3. The monoisotopic (exact) mass is 450 g/mol. The molecule has 2 aromatic rings. The Hall–Kier alpha value is -2.83. The lowest BCUT2D eigenvalue weighted by molar-refractivity contribution is -0.121. The zero-order valence-electron chi connectivity index (χ0n) is 16.0. The second-order valence-electron chi connectivity index (χ2n) is 6.71. The first-order valence-electron chi connectivity index (χ1n) is 9.09. The van der Waals surface area contributed by atoms with E-state index in [0.717, 1.165) is 15.5 Å². The van der Waals surface area contributed by atoms with E-state index < -0.39 is 16.1 Å². The number of thiazole rings is 1. The molecule has 2 aliphatic rings. The minimum absolute atomic E-state index is 0.0752. The maximum absolute atomic E-state index is 13.1. The molecule has 1 aromatic carbocycles. The second-order valence-corrected chi connectivity index (χ2v) is 9.73. The van der Waals surface area contributed by atoms with Gasteiger partial charge >= 0.3 is 6.09 Å². The molecule has 0 bridgehead atoms. The number of fused-ring (bicyclic) bond motifs is 1. The minimum Gasteiger partial charge on any atom is -0.453 e. The van der Waals surface area contributed by atoms with Crippen LogP contribution in [0.2, 0.25) is 0 Å². The lowest BCUT2D eigenvalue weighted by atomic mass is 10.2. The first-order valence-corrected chi connectivity index (χ1v) is 11.3. The number of hydrogen-bond donors (Lipinski definition) is 1. The summed E-state index contributed by atoms with van der Waals surface area (Å²) >= 11 is 1.20. The van der Waals surface area contributed by atoms with E-state index in [9.17, 15) is 22.8 Å². The van der Waals surface area contributed by atoms with Crippen LogP contribution in [0, 0.1) is 0 Å². The van der Waals surface area contributed by atoms with Crippen molar-refractivity contribution in [1.29, 1.82) is 0 Å². The lowest BCUT2D eigenvalue weighted by Gasteiger charge is -2.25. The van der Waals surface area contributed by atoms with Gasteiger partial charge in [0.2, 0.25) is 21.8 Å². The van der Waals surface area contributed by atoms with Crippen molar-refractivity contribution in [2.75, 3.05) is 23.9 Å². The third-order valence-electron chi connectivity index (χ3n) is 4.87. The molecule has 30 heavy (non-hydrogen) atoms. The van der Waals surface area contributed by atoms with Gasteiger partial charge in [0.15, 0.2) is 5.13 Å². The van der Waals surface area contributed by atoms with Gasteiger partial charge in [0, 0.05) is 30.7 Å². The van der Waals surface area contributed by atoms with E-state index >= 15 is 0 Å². The van der Waals surface area contributed by atoms with Gasteiger partial charge < -0.3 is 4.74 Å². The van der Waals surface area contributed by atoms with E-state index in [0.29, 0.717) is 17.2 Å². The molecule has 0 atom stereocenters. The molecule has 0 unspecified atom stereocenters. The van der Waals surface area contributed by atoms with E-state index in [4.69, 9.17) is 0 Å². The summed E-state index contributed by atoms with van der Waals surface area (Å²) in [5, 5.41) is 2.85. The van der Waals surface area contributed by atoms with Crippen LogP contribution >= 0.6 is 11.3 Å². The zero-order valence-corrected chi connectivity index (χ0v) is 17.6. The number of ether oxygens (including phenoxy) is 1. The minimum atomic E-state index is -3.78. The van der Waals surface area contributed by atoms with E-state index in [2.05, 4.69) is 15.0 Å². The predicted octanol–water partition coefficient (Wildman–Crippen LogP) is 1.72. The number of benzene rings is 1. The molecule has 1 aromatic heterocycles. The summed E-state index contributed by atoms with van der Waals surface area (Å²) in [6, 6.07) is 5.73. The Balaban J connectivity index is 1.52. The number of sulfonamides is 1. The number of aromatic nitrogens is 1. The van der Waals surface area contributed by atoms with Gasteiger partial charge in [0.05, 0.1) is 29.9 Å². The number of methoxy groups -OCH3 is 1. The van der Waals surface area contributed by atoms with Crippen LogP contribution < -0.4 is 10.2 Å². The molecule has 1 saturated heterocycles. The van der Waals surface area contributed by atoms with Crippen molar-refractivity contribution in [3.05, 3.63) is 34.8 Å². The molecule has 4 rings (SSSR count). The fraction of sp³-hybridized carbons (Fsp3) is 0.333. The quantitative estimate of drug-likeness (QED) is 0.703. The first kappa shape index (κ1) is 20.4. The molecular weight excluding hydrogens is 432 g/mol. The second kappa shape index (κ2) is 7.78. The van der Waals surface area contributed by atoms with Crippen LogP contribution in [0.15, 0.2) is 29.2 Å². The Bertz CT molecular complexity index is 1110. The Kier molecular flexibility index (Phi) is 5.30. The van der Waals surface area contributed by atoms with Crippen molar-refractivity contribution in [1.82, 2.24) is 9.29 Å². The number of carbonyl (C=O) groups is 3. The number of nitrogens with one attached hydrogen (secondary N) is 1. The molecule has 2 aliphatic heterocycles. The van der Waals surface area contributed by atoms with Gasteiger partial charge in [-0.15, -0.1) is 0 Å². The van der Waals surface area contributed by atoms with Crippen LogP contribution in [-0.4, -0.2) is 49.3 Å². The molecule has 158 valence electrons. The number of nitrogens with zero attached hydrogens (tertiary/aromatic N) is 3. The van der Waals surface area contributed by atoms with Gasteiger partial charge in [-0.05, 0) is 24.3 Å². The summed E-state index contributed by atoms with van der Waals surface area (Å²) in [5.74, 6) is -0.582. The lowest BCUT2D eigenvalue weighted by Crippen LogP contribution is -2.35. The molecule has 12 heteroatoms. The SMILES string of the molecule is COC(=O)Nc1nc2c(s1)CN(S(=O)(=O)c1ccc(N3C(=O)CCC3=O)cc1)CC2. The number of anilines is 2. The summed E-state index contributed by atoms with van der Waals surface area (Å²) in [6.45, 7) is 0.393. The predicted molar refractivity (Wildman–Crippen MR) is 108 cm³/mol. The van der Waals surface area contributed by atoms with Crippen molar-refractivity contribution in [2.45, 2.75) is 30.7 Å². The molecule has 0 aliphatic carbocycles. The highest BCUT2D eigenvalue weighted by molar-refractivity contribution is 7.89. The molecule has 3 heterocycles. The van der Waals surface area contributed by atoms with Crippen LogP contribution in [0.1, 0.15) is 23.4 Å². The van der Waals surface area contributed by atoms with E-state index in [1.165, 1.54) is 47.0 Å². The summed E-state index contributed by atoms with van der Waals surface area (Å²) in [4.78, 5) is 41.3. The van der Waals surface area contributed by atoms with Crippen molar-refractivity contribution >= 4 is 50.1 Å². The maximum Gasteiger partial charge on any atom is 0.413 e. The molecule has 3 amide bonds. The number of imide groups is 1. The number of amides is 3. The van der Waals surface area contributed by atoms with Crippen molar-refractivity contribution in [2.24, 2.45) is 0 Å². The van der Waals surface area contributed by atoms with Crippen LogP contribution in [0.5, 0.6) is 0 Å². The summed E-state index contributed by atoms with van der Waals surface area (Å²) in [5.41, 5.74) is 1.11. The Morgan fingerprint density at radius 2 is 1.80 bits per heavy atom. The number of rotatable bonds is 4. The van der Waals surface area contributed by atoms with Crippen molar-refractivity contribution < 1.29 is 27.5 Å². The maximum atomic E-state index is 13.1. The van der Waals surface area contributed by atoms with Crippen LogP contribution in [0.25, 0.3) is 0 Å². The van der Waals surface area contributed by atoms with Gasteiger partial charge in [-0.3, -0.25) is 19.8 Å². The van der Waals surface area contributed by atoms with Crippen LogP contribution in [0.4, 0.5) is 15.6 Å². The molecule has 10 nitrogen and oxygen atoms in total. The average Bonchev–Trinajstić information content (AvgIpc) is 3.29. The summed E-state index contributed by atoms with van der Waals surface area (Å²) in [6.07, 6.45) is 0.108. The van der Waals surface area contributed by atoms with Crippen molar-refractivity contribution in [3.63, 3.8) is 0 Å². The fourth-order valence-electron chi connectivity index (χ4n) is 3.35. The van der Waals surface area contributed by atoms with Gasteiger partial charge in [-0.25, -0.2) is 18.2 Å². The van der Waals surface area contributed by atoms with Crippen LogP contribution in [-0.2, 0) is 37.3 Å². The molecule has 0 radical (unpaired) electrons. The van der Waals surface area contributed by atoms with E-state index in [-0.39, 0.29) is 42.6 Å². The average molecular weight is 450 g/mol. The van der Waals surface area contributed by atoms with Gasteiger partial charge in [0.1, 0.15) is 0 Å². The highest BCUT2D eigenvalue weighted by Crippen LogP contribution is 2.32. The van der Waals surface area contributed by atoms with E-state index in [1.807, 2.05) is 0 Å². The molecule has 0 spiro atoms. The molecular formula is C18H18N4O6S2. The topological polar surface area (TPSA) is 126 Å². The fourth-order valence-corrected chi connectivity index (χ4v) is 5.85. The van der Waals surface area contributed by atoms with Gasteiger partial charge in [0.25, 0.3) is 0 Å². The van der Waals surface area contributed by atoms with E-state index in [1.54, 1.807) is 0 Å². The smallest absolute Gasteiger partial charge is 0.413 e. The standard InChI is InChI=1S/C18H18N4O6S2/c1-28-18(25)20-17-19-13-8-9-21(10-14(13)29-17)30(26,27)12-4-2-11(3-5-12)22-15(23)6-7-16(22)24/h2-5H,6-10H2,1H3,(H,19,20,25). The number of hydrogen-bond acceptors (Lipinski definition) is 8. The highest BCUT2D eigenvalue weighted by atomic mass is 32.2. The van der Waals surface area contributed by atoms with Crippen LogP contribution in [0.3, 0.4) is 0 Å². The Labute approximate surface area is 176 Å². The highest BCUT2D eigenvalue weighted by Gasteiger charge is 2.33. The summed E-state index contributed by atoms with van der Waals surface area (Å²) in [7, 11) is -2.53. The molecule has 0 saturated carbocycles. The molecule has 1 N–H and O–H groups in total. The third kappa shape index (κ3) is 3.68. The Morgan fingerprint density at radius 1 is 1.13 bits per heavy atom. The normalized spacial score (nSPS) is 17.2. The largest absolute Gasteiger partial charge is 0.453 e. The summed E-state index contributed by atoms with van der Waals surface area (Å²) < 4.78 is 32.0.